The normalized spacial score (nSPS) is 37.2. The summed E-state index contributed by atoms with van der Waals surface area (Å²) in [6.07, 6.45) is 7.77. The first-order valence-corrected chi connectivity index (χ1v) is 5.12. The summed E-state index contributed by atoms with van der Waals surface area (Å²) in [4.78, 5) is 0. The molecule has 0 N–H and O–H groups in total. The highest BCUT2D eigenvalue weighted by Crippen LogP contribution is 2.55. The van der Waals surface area contributed by atoms with Crippen LogP contribution in [0.15, 0.2) is 18.3 Å². The SMILES string of the molecule is Cn1cccc1[C@]12CCCC[C@H]1O2. The van der Waals surface area contributed by atoms with Crippen LogP contribution in [0.25, 0.3) is 0 Å². The largest absolute Gasteiger partial charge is 0.359 e. The minimum atomic E-state index is 0.122. The van der Waals surface area contributed by atoms with Crippen molar-refractivity contribution in [3.63, 3.8) is 0 Å². The lowest BCUT2D eigenvalue weighted by Gasteiger charge is -2.17. The van der Waals surface area contributed by atoms with Gasteiger partial charge in [-0.15, -0.1) is 0 Å². The predicted octanol–water partition coefficient (Wildman–Crippen LogP) is 2.19. The highest BCUT2D eigenvalue weighted by Gasteiger charge is 2.59. The van der Waals surface area contributed by atoms with E-state index in [0.29, 0.717) is 6.10 Å². The van der Waals surface area contributed by atoms with Gasteiger partial charge in [0.25, 0.3) is 0 Å². The molecule has 2 nitrogen and oxygen atoms in total. The zero-order valence-electron chi connectivity index (χ0n) is 7.99. The smallest absolute Gasteiger partial charge is 0.134 e. The monoisotopic (exact) mass is 177 g/mol. The number of ether oxygens (including phenoxy) is 1. The molecule has 1 aromatic rings. The molecule has 1 saturated heterocycles. The van der Waals surface area contributed by atoms with E-state index in [4.69, 9.17) is 4.74 Å². The van der Waals surface area contributed by atoms with Gasteiger partial charge in [-0.25, -0.2) is 0 Å². The molecule has 0 radical (unpaired) electrons. The Hall–Kier alpha value is -0.760. The molecule has 1 aromatic heterocycles. The standard InChI is InChI=1S/C11H15NO/c1-12-8-4-5-9(12)11-7-3-2-6-10(11)13-11/h4-5,8,10H,2-3,6-7H2,1H3/t10-,11-/m1/s1. The Morgan fingerprint density at radius 2 is 2.46 bits per heavy atom. The van der Waals surface area contributed by atoms with E-state index >= 15 is 0 Å². The highest BCUT2D eigenvalue weighted by atomic mass is 16.6. The van der Waals surface area contributed by atoms with Crippen LogP contribution in [0.5, 0.6) is 0 Å². The molecule has 13 heavy (non-hydrogen) atoms. The first kappa shape index (κ1) is 7.63. The second-order valence-electron chi connectivity index (χ2n) is 4.25. The Bertz CT molecular complexity index is 331. The molecule has 1 aliphatic heterocycles. The van der Waals surface area contributed by atoms with Gasteiger partial charge in [-0.05, 0) is 31.4 Å². The van der Waals surface area contributed by atoms with Gasteiger partial charge in [-0.1, -0.05) is 6.42 Å². The van der Waals surface area contributed by atoms with Gasteiger partial charge < -0.3 is 9.30 Å². The second-order valence-corrected chi connectivity index (χ2v) is 4.25. The molecule has 2 aliphatic rings. The molecule has 0 bridgehead atoms. The highest BCUT2D eigenvalue weighted by molar-refractivity contribution is 5.25. The molecule has 2 fully saturated rings. The van der Waals surface area contributed by atoms with Crippen molar-refractivity contribution in [1.29, 1.82) is 0 Å². The van der Waals surface area contributed by atoms with Crippen molar-refractivity contribution >= 4 is 0 Å². The third-order valence-electron chi connectivity index (χ3n) is 3.46. The van der Waals surface area contributed by atoms with Crippen molar-refractivity contribution in [2.75, 3.05) is 0 Å². The van der Waals surface area contributed by atoms with Crippen LogP contribution >= 0.6 is 0 Å². The zero-order valence-corrected chi connectivity index (χ0v) is 7.99. The number of rotatable bonds is 1. The van der Waals surface area contributed by atoms with Gasteiger partial charge in [0.05, 0.1) is 11.8 Å². The van der Waals surface area contributed by atoms with Gasteiger partial charge in [0.2, 0.25) is 0 Å². The van der Waals surface area contributed by atoms with Crippen LogP contribution in [0.3, 0.4) is 0 Å². The Balaban J connectivity index is 1.97. The summed E-state index contributed by atoms with van der Waals surface area (Å²) in [6, 6.07) is 4.31. The van der Waals surface area contributed by atoms with Crippen molar-refractivity contribution in [2.45, 2.75) is 37.4 Å². The van der Waals surface area contributed by atoms with Crippen LogP contribution < -0.4 is 0 Å². The summed E-state index contributed by atoms with van der Waals surface area (Å²) in [6.45, 7) is 0. The van der Waals surface area contributed by atoms with Crippen molar-refractivity contribution in [2.24, 2.45) is 7.05 Å². The summed E-state index contributed by atoms with van der Waals surface area (Å²) < 4.78 is 8.07. The zero-order chi connectivity index (χ0) is 8.89. The average Bonchev–Trinajstić information content (AvgIpc) is 2.74. The van der Waals surface area contributed by atoms with E-state index in [1.54, 1.807) is 0 Å². The number of hydrogen-bond donors (Lipinski definition) is 0. The third-order valence-corrected chi connectivity index (χ3v) is 3.46. The molecular weight excluding hydrogens is 162 g/mol. The first-order valence-electron chi connectivity index (χ1n) is 5.12. The Morgan fingerprint density at radius 3 is 3.15 bits per heavy atom. The molecule has 2 heterocycles. The minimum absolute atomic E-state index is 0.122. The maximum absolute atomic E-state index is 5.87. The maximum Gasteiger partial charge on any atom is 0.134 e. The van der Waals surface area contributed by atoms with Crippen LogP contribution in [0.4, 0.5) is 0 Å². The summed E-state index contributed by atoms with van der Waals surface area (Å²) in [5.41, 5.74) is 1.49. The molecule has 0 unspecified atom stereocenters. The lowest BCUT2D eigenvalue weighted by molar-refractivity contribution is 0.279. The molecule has 1 aliphatic carbocycles. The first-order chi connectivity index (χ1) is 6.33. The topological polar surface area (TPSA) is 17.5 Å². The van der Waals surface area contributed by atoms with E-state index in [2.05, 4.69) is 29.9 Å². The molecule has 1 saturated carbocycles. The van der Waals surface area contributed by atoms with Crippen LogP contribution in [-0.2, 0) is 17.4 Å². The quantitative estimate of drug-likeness (QED) is 0.601. The Labute approximate surface area is 78.5 Å². The summed E-state index contributed by atoms with van der Waals surface area (Å²) in [7, 11) is 2.11. The fourth-order valence-electron chi connectivity index (χ4n) is 2.70. The molecule has 3 rings (SSSR count). The molecule has 2 atom stereocenters. The minimum Gasteiger partial charge on any atom is -0.359 e. The van der Waals surface area contributed by atoms with Crippen LogP contribution in [-0.4, -0.2) is 10.7 Å². The van der Waals surface area contributed by atoms with Gasteiger partial charge in [-0.2, -0.15) is 0 Å². The van der Waals surface area contributed by atoms with Gasteiger partial charge >= 0.3 is 0 Å². The van der Waals surface area contributed by atoms with E-state index in [1.807, 2.05) is 0 Å². The fourth-order valence-corrected chi connectivity index (χ4v) is 2.70. The van der Waals surface area contributed by atoms with E-state index in [-0.39, 0.29) is 5.60 Å². The molecule has 70 valence electrons. The maximum atomic E-state index is 5.87. The summed E-state index contributed by atoms with van der Waals surface area (Å²) in [5.74, 6) is 0. The van der Waals surface area contributed by atoms with E-state index in [1.165, 1.54) is 31.4 Å². The van der Waals surface area contributed by atoms with Gasteiger partial charge in [0.15, 0.2) is 0 Å². The number of nitrogens with zero attached hydrogens (tertiary/aromatic N) is 1. The molecule has 0 amide bonds. The van der Waals surface area contributed by atoms with Crippen LogP contribution in [0, 0.1) is 0 Å². The lowest BCUT2D eigenvalue weighted by atomic mass is 9.87. The van der Waals surface area contributed by atoms with Crippen molar-refractivity contribution in [3.05, 3.63) is 24.0 Å². The summed E-state index contributed by atoms with van der Waals surface area (Å²) >= 11 is 0. The average molecular weight is 177 g/mol. The van der Waals surface area contributed by atoms with Gasteiger partial charge in [0.1, 0.15) is 5.60 Å². The number of epoxide rings is 1. The van der Waals surface area contributed by atoms with Crippen molar-refractivity contribution < 1.29 is 4.74 Å². The van der Waals surface area contributed by atoms with Crippen LogP contribution in [0.2, 0.25) is 0 Å². The van der Waals surface area contributed by atoms with E-state index < -0.39 is 0 Å². The predicted molar refractivity (Wildman–Crippen MR) is 50.4 cm³/mol. The molecule has 2 heteroatoms. The van der Waals surface area contributed by atoms with Gasteiger partial charge in [-0.3, -0.25) is 0 Å². The Morgan fingerprint density at radius 1 is 1.54 bits per heavy atom. The van der Waals surface area contributed by atoms with Crippen molar-refractivity contribution in [1.82, 2.24) is 4.57 Å². The van der Waals surface area contributed by atoms with Gasteiger partial charge in [0, 0.05) is 13.2 Å². The summed E-state index contributed by atoms with van der Waals surface area (Å²) in [5, 5.41) is 0. The Kier molecular flexibility index (Phi) is 1.40. The number of hydrogen-bond acceptors (Lipinski definition) is 1. The van der Waals surface area contributed by atoms with E-state index in [0.717, 1.165) is 0 Å². The fraction of sp³-hybridized carbons (Fsp3) is 0.636. The molecular formula is C11H15NO. The van der Waals surface area contributed by atoms with Crippen molar-refractivity contribution in [3.8, 4) is 0 Å². The van der Waals surface area contributed by atoms with Crippen LogP contribution in [0.1, 0.15) is 31.4 Å². The van der Waals surface area contributed by atoms with E-state index in [9.17, 15) is 0 Å². The second kappa shape index (κ2) is 2.38. The number of aromatic nitrogens is 1. The number of aryl methyl sites for hydroxylation is 1. The third kappa shape index (κ3) is 0.923. The molecule has 0 aromatic carbocycles. The number of fused-ring (bicyclic) bond motifs is 1. The lowest BCUT2D eigenvalue weighted by Crippen LogP contribution is -2.19. The molecule has 0 spiro atoms.